The molecule has 2 heterocycles. The number of aromatic nitrogens is 4. The van der Waals surface area contributed by atoms with Gasteiger partial charge in [-0.25, -0.2) is 4.79 Å². The minimum atomic E-state index is -0.556. The Labute approximate surface area is 145 Å². The average molecular weight is 350 g/mol. The summed E-state index contributed by atoms with van der Waals surface area (Å²) >= 11 is 0. The van der Waals surface area contributed by atoms with Crippen LogP contribution in [0.15, 0.2) is 9.59 Å². The molecule has 0 aliphatic heterocycles. The van der Waals surface area contributed by atoms with E-state index in [9.17, 15) is 14.4 Å². The Morgan fingerprint density at radius 1 is 1.16 bits per heavy atom. The maximum atomic E-state index is 12.3. The van der Waals surface area contributed by atoms with E-state index in [1.54, 1.807) is 0 Å². The van der Waals surface area contributed by atoms with Crippen LogP contribution in [0, 0.1) is 11.8 Å². The summed E-state index contributed by atoms with van der Waals surface area (Å²) in [6, 6.07) is 0. The number of H-pyrrole nitrogens is 1. The number of hydrogen-bond donors (Lipinski definition) is 3. The molecule has 0 aliphatic carbocycles. The van der Waals surface area contributed by atoms with Gasteiger partial charge in [-0.3, -0.25) is 23.7 Å². The summed E-state index contributed by atoms with van der Waals surface area (Å²) < 4.78 is 2.78. The highest BCUT2D eigenvalue weighted by atomic mass is 16.2. The van der Waals surface area contributed by atoms with Crippen molar-refractivity contribution in [1.29, 1.82) is 0 Å². The van der Waals surface area contributed by atoms with Crippen LogP contribution in [0.1, 0.15) is 27.7 Å². The topological polar surface area (TPSA) is 114 Å². The molecule has 0 atom stereocenters. The number of aryl methyl sites for hydroxylation is 1. The molecule has 138 valence electrons. The number of amides is 1. The maximum absolute atomic E-state index is 12.3. The van der Waals surface area contributed by atoms with Crippen LogP contribution in [0.4, 0.5) is 5.95 Å². The fraction of sp³-hybridized carbons (Fsp3) is 0.625. The molecule has 0 aromatic carbocycles. The van der Waals surface area contributed by atoms with Gasteiger partial charge in [-0.1, -0.05) is 27.7 Å². The van der Waals surface area contributed by atoms with Gasteiger partial charge in [0.05, 0.1) is 0 Å². The zero-order valence-corrected chi connectivity index (χ0v) is 15.3. The van der Waals surface area contributed by atoms with Crippen LogP contribution in [0.3, 0.4) is 0 Å². The van der Waals surface area contributed by atoms with Crippen LogP contribution in [0.2, 0.25) is 0 Å². The number of aromatic amines is 1. The number of anilines is 1. The van der Waals surface area contributed by atoms with Gasteiger partial charge in [-0.2, -0.15) is 4.98 Å². The molecule has 9 heteroatoms. The van der Waals surface area contributed by atoms with Crippen molar-refractivity contribution in [1.82, 2.24) is 24.4 Å². The number of nitrogens with zero attached hydrogens (tertiary/aromatic N) is 3. The van der Waals surface area contributed by atoms with Crippen molar-refractivity contribution in [2.24, 2.45) is 18.9 Å². The molecule has 2 rings (SSSR count). The van der Waals surface area contributed by atoms with Crippen LogP contribution >= 0.6 is 0 Å². The van der Waals surface area contributed by atoms with Crippen molar-refractivity contribution in [3.8, 4) is 0 Å². The van der Waals surface area contributed by atoms with Crippen molar-refractivity contribution in [2.75, 3.05) is 18.4 Å². The standard InChI is InChI=1S/C16H26N6O3/c1-9(2)6-17-11(23)8-22-12-13(19-15(22)18-7-10(3)4)21(5)16(25)20-14(12)24/h9-10H,6-8H2,1-5H3,(H,17,23)(H,18,19)(H,20,24,25). The Morgan fingerprint density at radius 2 is 1.80 bits per heavy atom. The molecule has 9 nitrogen and oxygen atoms in total. The lowest BCUT2D eigenvalue weighted by molar-refractivity contribution is -0.121. The average Bonchev–Trinajstić information content (AvgIpc) is 2.88. The van der Waals surface area contributed by atoms with Gasteiger partial charge in [0, 0.05) is 20.1 Å². The van der Waals surface area contributed by atoms with E-state index in [1.807, 2.05) is 27.7 Å². The first-order chi connectivity index (χ1) is 11.7. The van der Waals surface area contributed by atoms with E-state index < -0.39 is 11.2 Å². The zero-order chi connectivity index (χ0) is 18.7. The molecule has 0 fully saturated rings. The third kappa shape index (κ3) is 4.28. The van der Waals surface area contributed by atoms with Gasteiger partial charge in [0.15, 0.2) is 11.2 Å². The van der Waals surface area contributed by atoms with Crippen molar-refractivity contribution in [3.05, 3.63) is 20.8 Å². The van der Waals surface area contributed by atoms with E-state index in [2.05, 4.69) is 20.6 Å². The minimum absolute atomic E-state index is 0.0507. The molecule has 0 saturated heterocycles. The Hall–Kier alpha value is -2.58. The fourth-order valence-corrected chi connectivity index (χ4v) is 2.34. The molecule has 0 spiro atoms. The second kappa shape index (κ2) is 7.54. The molecule has 3 N–H and O–H groups in total. The zero-order valence-electron chi connectivity index (χ0n) is 15.3. The summed E-state index contributed by atoms with van der Waals surface area (Å²) in [6.45, 7) is 9.21. The number of rotatable bonds is 7. The van der Waals surface area contributed by atoms with Crippen molar-refractivity contribution in [3.63, 3.8) is 0 Å². The molecule has 0 bridgehead atoms. The first-order valence-corrected chi connectivity index (χ1v) is 8.40. The van der Waals surface area contributed by atoms with Crippen molar-refractivity contribution >= 4 is 23.0 Å². The lowest BCUT2D eigenvalue weighted by Gasteiger charge is -2.12. The SMILES string of the molecule is CC(C)CNC(=O)Cn1c(NCC(C)C)nc2c1c(=O)[nH]c(=O)n2C. The number of imidazole rings is 1. The number of carbonyl (C=O) groups is 1. The van der Waals surface area contributed by atoms with E-state index in [4.69, 9.17) is 0 Å². The Kier molecular flexibility index (Phi) is 5.66. The third-order valence-electron chi connectivity index (χ3n) is 3.68. The van der Waals surface area contributed by atoms with Gasteiger partial charge < -0.3 is 10.6 Å². The highest BCUT2D eigenvalue weighted by molar-refractivity contribution is 5.81. The number of fused-ring (bicyclic) bond motifs is 1. The summed E-state index contributed by atoms with van der Waals surface area (Å²) in [5.74, 6) is 0.861. The van der Waals surface area contributed by atoms with E-state index in [-0.39, 0.29) is 23.6 Å². The van der Waals surface area contributed by atoms with Crippen LogP contribution in [-0.2, 0) is 18.4 Å². The number of carbonyl (C=O) groups excluding carboxylic acids is 1. The lowest BCUT2D eigenvalue weighted by atomic mass is 10.2. The van der Waals surface area contributed by atoms with Gasteiger partial charge >= 0.3 is 5.69 Å². The van der Waals surface area contributed by atoms with Crippen LogP contribution in [-0.4, -0.2) is 38.1 Å². The summed E-state index contributed by atoms with van der Waals surface area (Å²) in [4.78, 5) is 42.9. The Bertz CT molecular complexity index is 874. The molecule has 0 saturated carbocycles. The first kappa shape index (κ1) is 18.8. The highest BCUT2D eigenvalue weighted by Crippen LogP contribution is 2.15. The van der Waals surface area contributed by atoms with Crippen molar-refractivity contribution in [2.45, 2.75) is 34.2 Å². The van der Waals surface area contributed by atoms with Gasteiger partial charge in [-0.05, 0) is 11.8 Å². The smallest absolute Gasteiger partial charge is 0.329 e. The fourth-order valence-electron chi connectivity index (χ4n) is 2.34. The van der Waals surface area contributed by atoms with Crippen LogP contribution < -0.4 is 21.9 Å². The van der Waals surface area contributed by atoms with Crippen LogP contribution in [0.5, 0.6) is 0 Å². The maximum Gasteiger partial charge on any atom is 0.329 e. The predicted molar refractivity (Wildman–Crippen MR) is 96.8 cm³/mol. The molecule has 0 aliphatic rings. The van der Waals surface area contributed by atoms with Crippen LogP contribution in [0.25, 0.3) is 11.2 Å². The second-order valence-corrected chi connectivity index (χ2v) is 6.98. The van der Waals surface area contributed by atoms with E-state index in [0.717, 1.165) is 0 Å². The molecule has 2 aromatic rings. The first-order valence-electron chi connectivity index (χ1n) is 8.40. The monoisotopic (exact) mass is 350 g/mol. The molecule has 1 amide bonds. The predicted octanol–water partition coefficient (Wildman–Crippen LogP) is 0.263. The molecular weight excluding hydrogens is 324 g/mol. The molecule has 0 radical (unpaired) electrons. The summed E-state index contributed by atoms with van der Waals surface area (Å²) in [5.41, 5.74) is -0.647. The van der Waals surface area contributed by atoms with E-state index >= 15 is 0 Å². The molecule has 25 heavy (non-hydrogen) atoms. The normalized spacial score (nSPS) is 11.5. The molecule has 2 aromatic heterocycles. The van der Waals surface area contributed by atoms with E-state index in [1.165, 1.54) is 16.2 Å². The van der Waals surface area contributed by atoms with Gasteiger partial charge in [-0.15, -0.1) is 0 Å². The Morgan fingerprint density at radius 3 is 2.40 bits per heavy atom. The van der Waals surface area contributed by atoms with E-state index in [0.29, 0.717) is 30.9 Å². The summed E-state index contributed by atoms with van der Waals surface area (Å²) in [5, 5.41) is 5.98. The number of hydrogen-bond acceptors (Lipinski definition) is 5. The third-order valence-corrected chi connectivity index (χ3v) is 3.68. The summed E-state index contributed by atoms with van der Waals surface area (Å²) in [7, 11) is 1.53. The molecule has 0 unspecified atom stereocenters. The lowest BCUT2D eigenvalue weighted by Crippen LogP contribution is -2.33. The second-order valence-electron chi connectivity index (χ2n) is 6.98. The van der Waals surface area contributed by atoms with Gasteiger partial charge in [0.2, 0.25) is 11.9 Å². The van der Waals surface area contributed by atoms with Gasteiger partial charge in [0.1, 0.15) is 6.54 Å². The summed E-state index contributed by atoms with van der Waals surface area (Å²) in [6.07, 6.45) is 0. The highest BCUT2D eigenvalue weighted by Gasteiger charge is 2.19. The Balaban J connectivity index is 2.48. The minimum Gasteiger partial charge on any atom is -0.355 e. The van der Waals surface area contributed by atoms with Crippen molar-refractivity contribution < 1.29 is 4.79 Å². The molecular formula is C16H26N6O3. The number of nitrogens with one attached hydrogen (secondary N) is 3. The van der Waals surface area contributed by atoms with Gasteiger partial charge in [0.25, 0.3) is 5.56 Å². The quantitative estimate of drug-likeness (QED) is 0.663. The largest absolute Gasteiger partial charge is 0.355 e.